The Morgan fingerprint density at radius 2 is 2.42 bits per heavy atom. The molecule has 0 aromatic carbocycles. The summed E-state index contributed by atoms with van der Waals surface area (Å²) in [5.41, 5.74) is 0. The number of carboxylic acids is 1. The number of nitrogens with one attached hydrogen (secondary N) is 1. The minimum Gasteiger partial charge on any atom is -0.477 e. The number of aryl methyl sites for hydroxylation is 1. The van der Waals surface area contributed by atoms with Crippen molar-refractivity contribution in [1.29, 1.82) is 0 Å². The zero-order valence-corrected chi connectivity index (χ0v) is 12.9. The molecular weight excluding hydrogens is 381 g/mol. The molecule has 0 bridgehead atoms. The zero-order chi connectivity index (χ0) is 13.8. The molecule has 2 heterocycles. The number of aromatic nitrogens is 3. The summed E-state index contributed by atoms with van der Waals surface area (Å²) in [6, 6.07) is 3.47. The van der Waals surface area contributed by atoms with Crippen LogP contribution in [-0.2, 0) is 11.2 Å². The van der Waals surface area contributed by atoms with Crippen LogP contribution in [-0.4, -0.2) is 26.3 Å². The molecule has 8 heteroatoms. The van der Waals surface area contributed by atoms with Gasteiger partial charge in [-0.1, -0.05) is 6.92 Å². The lowest BCUT2D eigenvalue weighted by Gasteiger charge is -1.96. The molecule has 2 N–H and O–H groups in total. The molecule has 0 aliphatic carbocycles. The maximum Gasteiger partial charge on any atom is 0.342 e. The number of nitrogens with zero attached hydrogens (tertiary/aromatic N) is 2. The fourth-order valence-corrected chi connectivity index (χ4v) is 2.39. The number of H-pyrrole nitrogens is 1. The van der Waals surface area contributed by atoms with E-state index in [1.165, 1.54) is 6.08 Å². The zero-order valence-electron chi connectivity index (χ0n) is 9.88. The first kappa shape index (κ1) is 14.1. The van der Waals surface area contributed by atoms with E-state index in [0.29, 0.717) is 14.7 Å². The second kappa shape index (κ2) is 6.24. The van der Waals surface area contributed by atoms with Gasteiger partial charge in [0.1, 0.15) is 16.5 Å². The van der Waals surface area contributed by atoms with Gasteiger partial charge in [0.15, 0.2) is 3.77 Å². The van der Waals surface area contributed by atoms with Crippen LogP contribution in [0, 0.1) is 3.77 Å². The van der Waals surface area contributed by atoms with Crippen LogP contribution in [0.5, 0.6) is 0 Å². The Kier molecular flexibility index (Phi) is 4.64. The average Bonchev–Trinajstić information content (AvgIpc) is 2.97. The fraction of sp³-hybridized carbons (Fsp3) is 0.182. The summed E-state index contributed by atoms with van der Waals surface area (Å²) in [7, 11) is 0. The van der Waals surface area contributed by atoms with Crippen LogP contribution in [0.15, 0.2) is 26.6 Å². The van der Waals surface area contributed by atoms with Crippen molar-refractivity contribution in [2.75, 3.05) is 0 Å². The molecule has 19 heavy (non-hydrogen) atoms. The Morgan fingerprint density at radius 3 is 2.95 bits per heavy atom. The second-order valence-corrected chi connectivity index (χ2v) is 5.55. The number of rotatable bonds is 5. The second-order valence-electron chi connectivity index (χ2n) is 3.48. The molecule has 0 spiro atoms. The maximum absolute atomic E-state index is 11.2. The van der Waals surface area contributed by atoms with Crippen LogP contribution in [0.4, 0.5) is 0 Å². The molecular formula is C11H10IN3O3S. The largest absolute Gasteiger partial charge is 0.477 e. The van der Waals surface area contributed by atoms with Crippen molar-refractivity contribution in [2.24, 2.45) is 0 Å². The van der Waals surface area contributed by atoms with Crippen LogP contribution < -0.4 is 0 Å². The lowest BCUT2D eigenvalue weighted by Crippen LogP contribution is -1.97. The van der Waals surface area contributed by atoms with E-state index in [1.54, 1.807) is 12.1 Å². The molecule has 0 atom stereocenters. The molecule has 6 nitrogen and oxygen atoms in total. The van der Waals surface area contributed by atoms with Crippen LogP contribution in [0.3, 0.4) is 0 Å². The summed E-state index contributed by atoms with van der Waals surface area (Å²) < 4.78 is 6.01. The molecule has 2 aromatic rings. The normalized spacial score (nSPS) is 11.8. The topological polar surface area (TPSA) is 92.0 Å². The van der Waals surface area contributed by atoms with Crippen molar-refractivity contribution in [1.82, 2.24) is 15.2 Å². The van der Waals surface area contributed by atoms with Crippen molar-refractivity contribution >= 4 is 46.4 Å². The van der Waals surface area contributed by atoms with Crippen molar-refractivity contribution in [3.63, 3.8) is 0 Å². The number of aromatic amines is 1. The van der Waals surface area contributed by atoms with Gasteiger partial charge in [0.05, 0.1) is 0 Å². The summed E-state index contributed by atoms with van der Waals surface area (Å²) in [5.74, 6) is 0.166. The minimum atomic E-state index is -1.04. The summed E-state index contributed by atoms with van der Waals surface area (Å²) in [6.07, 6.45) is 2.17. The van der Waals surface area contributed by atoms with Crippen molar-refractivity contribution < 1.29 is 14.3 Å². The van der Waals surface area contributed by atoms with Crippen LogP contribution in [0.1, 0.15) is 18.5 Å². The van der Waals surface area contributed by atoms with Gasteiger partial charge < -0.3 is 9.52 Å². The number of aliphatic carboxylic acids is 1. The van der Waals surface area contributed by atoms with Gasteiger partial charge in [-0.15, -0.1) is 5.10 Å². The maximum atomic E-state index is 11.2. The number of hydrogen-bond donors (Lipinski definition) is 2. The molecule has 0 amide bonds. The Balaban J connectivity index is 2.21. The average molecular weight is 391 g/mol. The highest BCUT2D eigenvalue weighted by Crippen LogP contribution is 2.26. The Hall–Kier alpha value is -1.29. The van der Waals surface area contributed by atoms with Gasteiger partial charge >= 0.3 is 5.97 Å². The third kappa shape index (κ3) is 3.83. The van der Waals surface area contributed by atoms with Gasteiger partial charge in [-0.05, 0) is 46.5 Å². The van der Waals surface area contributed by atoms with Gasteiger partial charge in [0.25, 0.3) is 0 Å². The molecule has 0 fully saturated rings. The summed E-state index contributed by atoms with van der Waals surface area (Å²) in [5, 5.41) is 16.2. The minimum absolute atomic E-state index is 0.104. The van der Waals surface area contributed by atoms with Gasteiger partial charge in [0.2, 0.25) is 5.16 Å². The fourth-order valence-electron chi connectivity index (χ4n) is 1.25. The molecule has 0 aliphatic heterocycles. The first-order valence-corrected chi connectivity index (χ1v) is 7.27. The van der Waals surface area contributed by atoms with E-state index in [1.807, 2.05) is 29.5 Å². The predicted octanol–water partition coefficient (Wildman–Crippen LogP) is 2.78. The van der Waals surface area contributed by atoms with E-state index in [4.69, 9.17) is 9.52 Å². The number of thioether (sulfide) groups is 1. The van der Waals surface area contributed by atoms with Crippen LogP contribution >= 0.6 is 34.4 Å². The third-order valence-electron chi connectivity index (χ3n) is 2.13. The molecule has 2 aromatic heterocycles. The number of furan rings is 1. The standard InChI is InChI=1S/C11H10IN3O3S/c1-2-9-13-11(15-14-9)19-7(10(16)17)5-6-3-4-8(12)18-6/h3-5H,2H2,1H3,(H,16,17)(H,13,14,15)/b7-5+. The SMILES string of the molecule is CCc1nc(S/C(=C/c2ccc(I)o2)C(=O)O)n[nH]1. The Morgan fingerprint density at radius 1 is 1.63 bits per heavy atom. The lowest BCUT2D eigenvalue weighted by molar-refractivity contribution is -0.131. The number of halogens is 1. The van der Waals surface area contributed by atoms with Crippen LogP contribution in [0.2, 0.25) is 0 Å². The van der Waals surface area contributed by atoms with Gasteiger partial charge in [-0.2, -0.15) is 0 Å². The molecule has 0 unspecified atom stereocenters. The number of carboxylic acid groups (broad SMARTS) is 1. The Bertz CT molecular complexity index is 620. The first-order chi connectivity index (χ1) is 9.08. The third-order valence-corrected chi connectivity index (χ3v) is 3.58. The van der Waals surface area contributed by atoms with Gasteiger partial charge in [-0.25, -0.2) is 9.78 Å². The molecule has 100 valence electrons. The smallest absolute Gasteiger partial charge is 0.342 e. The predicted molar refractivity (Wildman–Crippen MR) is 78.7 cm³/mol. The highest BCUT2D eigenvalue weighted by atomic mass is 127. The summed E-state index contributed by atoms with van der Waals surface area (Å²) >= 11 is 3.00. The highest BCUT2D eigenvalue weighted by Gasteiger charge is 2.14. The number of carbonyl (C=O) groups is 1. The molecule has 0 radical (unpaired) electrons. The van der Waals surface area contributed by atoms with E-state index < -0.39 is 5.97 Å². The molecule has 0 saturated carbocycles. The summed E-state index contributed by atoms with van der Waals surface area (Å²) in [6.45, 7) is 1.94. The van der Waals surface area contributed by atoms with E-state index in [9.17, 15) is 4.79 Å². The van der Waals surface area contributed by atoms with Crippen molar-refractivity contribution in [3.8, 4) is 0 Å². The van der Waals surface area contributed by atoms with Gasteiger partial charge in [0, 0.05) is 12.5 Å². The number of hydrogen-bond acceptors (Lipinski definition) is 5. The highest BCUT2D eigenvalue weighted by molar-refractivity contribution is 14.1. The van der Waals surface area contributed by atoms with E-state index in [-0.39, 0.29) is 4.91 Å². The molecule has 0 aliphatic rings. The van der Waals surface area contributed by atoms with Gasteiger partial charge in [-0.3, -0.25) is 5.10 Å². The molecule has 0 saturated heterocycles. The quantitative estimate of drug-likeness (QED) is 0.463. The van der Waals surface area contributed by atoms with Crippen molar-refractivity contribution in [3.05, 3.63) is 32.4 Å². The Labute approximate surface area is 126 Å². The summed E-state index contributed by atoms with van der Waals surface area (Å²) in [4.78, 5) is 15.5. The van der Waals surface area contributed by atoms with Crippen molar-refractivity contribution in [2.45, 2.75) is 18.5 Å². The van der Waals surface area contributed by atoms with Crippen LogP contribution in [0.25, 0.3) is 6.08 Å². The molecule has 2 rings (SSSR count). The van der Waals surface area contributed by atoms with E-state index in [2.05, 4.69) is 15.2 Å². The van der Waals surface area contributed by atoms with E-state index in [0.717, 1.165) is 24.0 Å². The lowest BCUT2D eigenvalue weighted by atomic mass is 10.4. The monoisotopic (exact) mass is 391 g/mol. The van der Waals surface area contributed by atoms with E-state index >= 15 is 0 Å². The first-order valence-electron chi connectivity index (χ1n) is 5.38.